The van der Waals surface area contributed by atoms with Crippen molar-refractivity contribution in [1.82, 2.24) is 10.7 Å². The molecule has 2 amide bonds. The second-order valence-electron chi connectivity index (χ2n) is 5.55. The van der Waals surface area contributed by atoms with Gasteiger partial charge in [0, 0.05) is 19.4 Å². The highest BCUT2D eigenvalue weighted by Crippen LogP contribution is 2.32. The van der Waals surface area contributed by atoms with E-state index in [4.69, 9.17) is 5.73 Å². The van der Waals surface area contributed by atoms with E-state index in [2.05, 4.69) is 22.8 Å². The lowest BCUT2D eigenvalue weighted by atomic mass is 9.73. The molecule has 1 aliphatic carbocycles. The molecule has 2 rings (SSSR count). The van der Waals surface area contributed by atoms with Crippen LogP contribution in [0.2, 0.25) is 0 Å². The molecule has 2 unspecified atom stereocenters. The SMILES string of the molecule is CC1CCCCC1(CN)NC(=O)C1=NNC(=O)CC1. The average molecular weight is 266 g/mol. The lowest BCUT2D eigenvalue weighted by Crippen LogP contribution is -2.60. The monoisotopic (exact) mass is 266 g/mol. The Morgan fingerprint density at radius 1 is 1.53 bits per heavy atom. The summed E-state index contributed by atoms with van der Waals surface area (Å²) in [4.78, 5) is 23.3. The summed E-state index contributed by atoms with van der Waals surface area (Å²) in [6, 6.07) is 0. The molecular weight excluding hydrogens is 244 g/mol. The van der Waals surface area contributed by atoms with E-state index in [0.717, 1.165) is 19.3 Å². The first-order chi connectivity index (χ1) is 9.07. The molecule has 0 aromatic heterocycles. The van der Waals surface area contributed by atoms with Crippen LogP contribution in [0.3, 0.4) is 0 Å². The van der Waals surface area contributed by atoms with Crippen LogP contribution in [0, 0.1) is 5.92 Å². The Morgan fingerprint density at radius 3 is 2.89 bits per heavy atom. The fourth-order valence-electron chi connectivity index (χ4n) is 2.89. The highest BCUT2D eigenvalue weighted by atomic mass is 16.2. The molecule has 4 N–H and O–H groups in total. The Kier molecular flexibility index (Phi) is 4.19. The molecule has 0 bridgehead atoms. The zero-order valence-electron chi connectivity index (χ0n) is 11.4. The number of rotatable bonds is 3. The summed E-state index contributed by atoms with van der Waals surface area (Å²) >= 11 is 0. The van der Waals surface area contributed by atoms with Gasteiger partial charge in [0.05, 0.1) is 5.54 Å². The topological polar surface area (TPSA) is 96.6 Å². The van der Waals surface area contributed by atoms with Crippen molar-refractivity contribution in [3.63, 3.8) is 0 Å². The van der Waals surface area contributed by atoms with Gasteiger partial charge in [0.25, 0.3) is 5.91 Å². The van der Waals surface area contributed by atoms with Crippen LogP contribution >= 0.6 is 0 Å². The zero-order valence-corrected chi connectivity index (χ0v) is 11.4. The number of nitrogens with zero attached hydrogens (tertiary/aromatic N) is 1. The number of carbonyl (C=O) groups is 2. The molecule has 2 atom stereocenters. The van der Waals surface area contributed by atoms with Gasteiger partial charge in [0.1, 0.15) is 5.71 Å². The molecule has 2 aliphatic rings. The smallest absolute Gasteiger partial charge is 0.267 e. The standard InChI is InChI=1S/C13H22N4O2/c1-9-4-2-3-7-13(9,8-14)15-12(19)10-5-6-11(18)17-16-10/h9H,2-8,14H2,1H3,(H,15,19)(H,17,18). The second kappa shape index (κ2) is 5.69. The van der Waals surface area contributed by atoms with Gasteiger partial charge in [-0.2, -0.15) is 5.10 Å². The Morgan fingerprint density at radius 2 is 2.32 bits per heavy atom. The summed E-state index contributed by atoms with van der Waals surface area (Å²) in [6.45, 7) is 2.58. The Bertz CT molecular complexity index is 407. The van der Waals surface area contributed by atoms with Crippen molar-refractivity contribution < 1.29 is 9.59 Å². The van der Waals surface area contributed by atoms with Crippen molar-refractivity contribution >= 4 is 17.5 Å². The largest absolute Gasteiger partial charge is 0.344 e. The summed E-state index contributed by atoms with van der Waals surface area (Å²) in [5.41, 5.74) is 8.33. The molecule has 6 heteroatoms. The van der Waals surface area contributed by atoms with E-state index in [1.165, 1.54) is 6.42 Å². The van der Waals surface area contributed by atoms with Gasteiger partial charge in [-0.1, -0.05) is 19.8 Å². The predicted octanol–water partition coefficient (Wildman–Crippen LogP) is 0.276. The highest BCUT2D eigenvalue weighted by Gasteiger charge is 2.39. The van der Waals surface area contributed by atoms with Crippen molar-refractivity contribution in [2.24, 2.45) is 16.8 Å². The molecule has 0 saturated heterocycles. The van der Waals surface area contributed by atoms with E-state index in [1.54, 1.807) is 0 Å². The molecule has 1 aliphatic heterocycles. The number of hydrogen-bond donors (Lipinski definition) is 3. The van der Waals surface area contributed by atoms with Gasteiger partial charge >= 0.3 is 0 Å². The van der Waals surface area contributed by atoms with Gasteiger partial charge in [-0.05, 0) is 18.8 Å². The van der Waals surface area contributed by atoms with E-state index >= 15 is 0 Å². The van der Waals surface area contributed by atoms with Crippen LogP contribution < -0.4 is 16.5 Å². The van der Waals surface area contributed by atoms with Crippen molar-refractivity contribution in [2.75, 3.05) is 6.54 Å². The molecule has 19 heavy (non-hydrogen) atoms. The first-order valence-electron chi connectivity index (χ1n) is 6.95. The normalized spacial score (nSPS) is 31.4. The van der Waals surface area contributed by atoms with Crippen molar-refractivity contribution in [3.05, 3.63) is 0 Å². The van der Waals surface area contributed by atoms with Gasteiger partial charge in [0.2, 0.25) is 5.91 Å². The number of nitrogens with two attached hydrogens (primary N) is 1. The van der Waals surface area contributed by atoms with Gasteiger partial charge < -0.3 is 11.1 Å². The zero-order chi connectivity index (χ0) is 13.9. The van der Waals surface area contributed by atoms with Crippen LogP contribution in [-0.4, -0.2) is 29.6 Å². The van der Waals surface area contributed by atoms with E-state index in [1.807, 2.05) is 0 Å². The lowest BCUT2D eigenvalue weighted by molar-refractivity contribution is -0.121. The fraction of sp³-hybridized carbons (Fsp3) is 0.769. The summed E-state index contributed by atoms with van der Waals surface area (Å²) in [6.07, 6.45) is 4.99. The summed E-state index contributed by atoms with van der Waals surface area (Å²) in [5, 5.41) is 6.90. The van der Waals surface area contributed by atoms with Crippen molar-refractivity contribution in [2.45, 2.75) is 51.0 Å². The third kappa shape index (κ3) is 2.94. The first kappa shape index (κ1) is 14.0. The minimum absolute atomic E-state index is 0.142. The van der Waals surface area contributed by atoms with Gasteiger partial charge in [-0.25, -0.2) is 5.43 Å². The second-order valence-corrected chi connectivity index (χ2v) is 5.55. The third-order valence-electron chi connectivity index (χ3n) is 4.35. The Labute approximate surface area is 113 Å². The van der Waals surface area contributed by atoms with Crippen LogP contribution in [0.4, 0.5) is 0 Å². The molecule has 0 aromatic rings. The number of hydrazone groups is 1. The number of nitrogens with one attached hydrogen (secondary N) is 2. The quantitative estimate of drug-likeness (QED) is 0.684. The van der Waals surface area contributed by atoms with Crippen molar-refractivity contribution in [3.8, 4) is 0 Å². The van der Waals surface area contributed by atoms with Crippen molar-refractivity contribution in [1.29, 1.82) is 0 Å². The lowest BCUT2D eigenvalue weighted by Gasteiger charge is -2.42. The summed E-state index contributed by atoms with van der Waals surface area (Å²) in [5.74, 6) is 0.0318. The average Bonchev–Trinajstić information content (AvgIpc) is 2.42. The maximum absolute atomic E-state index is 12.2. The molecular formula is C13H22N4O2. The predicted molar refractivity (Wildman–Crippen MR) is 72.4 cm³/mol. The van der Waals surface area contributed by atoms with Gasteiger partial charge in [0.15, 0.2) is 0 Å². The number of carbonyl (C=O) groups excluding carboxylic acids is 2. The van der Waals surface area contributed by atoms with Crippen LogP contribution in [0.1, 0.15) is 45.4 Å². The van der Waals surface area contributed by atoms with Crippen LogP contribution in [0.5, 0.6) is 0 Å². The van der Waals surface area contributed by atoms with E-state index in [-0.39, 0.29) is 17.4 Å². The highest BCUT2D eigenvalue weighted by molar-refractivity contribution is 6.39. The molecule has 1 fully saturated rings. The summed E-state index contributed by atoms with van der Waals surface area (Å²) in [7, 11) is 0. The maximum atomic E-state index is 12.2. The maximum Gasteiger partial charge on any atom is 0.267 e. The van der Waals surface area contributed by atoms with E-state index < -0.39 is 0 Å². The van der Waals surface area contributed by atoms with Gasteiger partial charge in [-0.15, -0.1) is 0 Å². The Balaban J connectivity index is 2.05. The van der Waals surface area contributed by atoms with Crippen LogP contribution in [-0.2, 0) is 9.59 Å². The molecule has 0 radical (unpaired) electrons. The Hall–Kier alpha value is -1.43. The first-order valence-corrected chi connectivity index (χ1v) is 6.95. The molecule has 6 nitrogen and oxygen atoms in total. The van der Waals surface area contributed by atoms with E-state index in [9.17, 15) is 9.59 Å². The van der Waals surface area contributed by atoms with Crippen LogP contribution in [0.25, 0.3) is 0 Å². The minimum Gasteiger partial charge on any atom is -0.344 e. The number of amides is 2. The summed E-state index contributed by atoms with van der Waals surface area (Å²) < 4.78 is 0. The minimum atomic E-state index is -0.320. The third-order valence-corrected chi connectivity index (χ3v) is 4.35. The van der Waals surface area contributed by atoms with E-state index in [0.29, 0.717) is 31.0 Å². The molecule has 106 valence electrons. The number of hydrogen-bond acceptors (Lipinski definition) is 4. The molecule has 1 saturated carbocycles. The fourth-order valence-corrected chi connectivity index (χ4v) is 2.89. The molecule has 0 aromatic carbocycles. The van der Waals surface area contributed by atoms with Gasteiger partial charge in [-0.3, -0.25) is 9.59 Å². The molecule has 0 spiro atoms. The molecule has 1 heterocycles. The van der Waals surface area contributed by atoms with Crippen LogP contribution in [0.15, 0.2) is 5.10 Å².